The molecule has 0 amide bonds. The van der Waals surface area contributed by atoms with Crippen molar-refractivity contribution < 1.29 is 14.7 Å². The quantitative estimate of drug-likeness (QED) is 0.376. The minimum Gasteiger partial charge on any atom is -0.461 e. The van der Waals surface area contributed by atoms with Crippen molar-refractivity contribution in [2.24, 2.45) is 5.16 Å². The van der Waals surface area contributed by atoms with Crippen LogP contribution < -0.4 is 0 Å². The van der Waals surface area contributed by atoms with Crippen LogP contribution in [0.15, 0.2) is 29.4 Å². The molecule has 4 nitrogen and oxygen atoms in total. The molecule has 4 heteroatoms. The number of rotatable bonds is 5. The van der Waals surface area contributed by atoms with Crippen LogP contribution in [0, 0.1) is 0 Å². The summed E-state index contributed by atoms with van der Waals surface area (Å²) in [4.78, 5) is 11.5. The number of nitrogens with zero attached hydrogens (tertiary/aromatic N) is 1. The zero-order valence-corrected chi connectivity index (χ0v) is 10.4. The second kappa shape index (κ2) is 5.67. The third-order valence-corrected chi connectivity index (χ3v) is 3.03. The standard InChI is InChI=1S/C14H17NO3/c1-2-18-14(16)13(15-17)9-10-3-5-11(6-4-10)12-7-8-12/h3-6,12,17H,2,7-9H2,1H3/b15-13-. The number of ether oxygens (including phenoxy) is 1. The highest BCUT2D eigenvalue weighted by Crippen LogP contribution is 2.39. The number of oxime groups is 1. The van der Waals surface area contributed by atoms with Crippen molar-refractivity contribution in [1.29, 1.82) is 0 Å². The molecule has 0 saturated heterocycles. The van der Waals surface area contributed by atoms with Gasteiger partial charge in [-0.3, -0.25) is 0 Å². The molecule has 0 spiro atoms. The van der Waals surface area contributed by atoms with Crippen molar-refractivity contribution in [2.75, 3.05) is 6.61 Å². The molecule has 0 aromatic heterocycles. The summed E-state index contributed by atoms with van der Waals surface area (Å²) in [6.45, 7) is 2.00. The summed E-state index contributed by atoms with van der Waals surface area (Å²) in [6, 6.07) is 8.09. The van der Waals surface area contributed by atoms with E-state index >= 15 is 0 Å². The maximum Gasteiger partial charge on any atom is 0.356 e. The first-order valence-electron chi connectivity index (χ1n) is 6.21. The Morgan fingerprint density at radius 1 is 1.39 bits per heavy atom. The van der Waals surface area contributed by atoms with Gasteiger partial charge in [0.05, 0.1) is 6.61 Å². The Labute approximate surface area is 106 Å². The predicted molar refractivity (Wildman–Crippen MR) is 68.0 cm³/mol. The molecule has 0 aliphatic heterocycles. The summed E-state index contributed by atoms with van der Waals surface area (Å²) in [5, 5.41) is 11.8. The van der Waals surface area contributed by atoms with E-state index in [-0.39, 0.29) is 12.3 Å². The first-order chi connectivity index (χ1) is 8.74. The molecule has 0 atom stereocenters. The van der Waals surface area contributed by atoms with Gasteiger partial charge < -0.3 is 9.94 Å². The SMILES string of the molecule is CCOC(=O)/C(Cc1ccc(C2CC2)cc1)=N\O. The smallest absolute Gasteiger partial charge is 0.356 e. The maximum atomic E-state index is 11.5. The molecular weight excluding hydrogens is 230 g/mol. The van der Waals surface area contributed by atoms with Gasteiger partial charge >= 0.3 is 5.97 Å². The molecule has 18 heavy (non-hydrogen) atoms. The fourth-order valence-corrected chi connectivity index (χ4v) is 1.88. The van der Waals surface area contributed by atoms with Gasteiger partial charge in [-0.25, -0.2) is 4.79 Å². The molecule has 0 radical (unpaired) electrons. The van der Waals surface area contributed by atoms with Crippen molar-refractivity contribution >= 4 is 11.7 Å². The van der Waals surface area contributed by atoms with E-state index in [1.807, 2.05) is 12.1 Å². The van der Waals surface area contributed by atoms with Gasteiger partial charge in [-0.2, -0.15) is 0 Å². The third-order valence-electron chi connectivity index (χ3n) is 3.03. The van der Waals surface area contributed by atoms with Gasteiger partial charge in [-0.1, -0.05) is 29.4 Å². The van der Waals surface area contributed by atoms with E-state index < -0.39 is 5.97 Å². The maximum absolute atomic E-state index is 11.5. The lowest BCUT2D eigenvalue weighted by Crippen LogP contribution is -2.20. The fraction of sp³-hybridized carbons (Fsp3) is 0.429. The molecule has 0 bridgehead atoms. The van der Waals surface area contributed by atoms with Gasteiger partial charge in [-0.15, -0.1) is 0 Å². The predicted octanol–water partition coefficient (Wildman–Crippen LogP) is 2.50. The van der Waals surface area contributed by atoms with E-state index in [4.69, 9.17) is 9.94 Å². The zero-order valence-electron chi connectivity index (χ0n) is 10.4. The zero-order chi connectivity index (χ0) is 13.0. The van der Waals surface area contributed by atoms with Crippen molar-refractivity contribution in [3.8, 4) is 0 Å². The molecule has 1 N–H and O–H groups in total. The molecule has 1 aliphatic rings. The van der Waals surface area contributed by atoms with Crippen LogP contribution in [0.5, 0.6) is 0 Å². The minimum absolute atomic E-state index is 0.0380. The number of benzene rings is 1. The van der Waals surface area contributed by atoms with E-state index in [1.54, 1.807) is 6.92 Å². The van der Waals surface area contributed by atoms with Gasteiger partial charge in [0.15, 0.2) is 5.71 Å². The summed E-state index contributed by atoms with van der Waals surface area (Å²) in [5.41, 5.74) is 2.33. The summed E-state index contributed by atoms with van der Waals surface area (Å²) >= 11 is 0. The van der Waals surface area contributed by atoms with Gasteiger partial charge in [0.1, 0.15) is 0 Å². The molecule has 1 saturated carbocycles. The Balaban J connectivity index is 2.00. The minimum atomic E-state index is -0.564. The van der Waals surface area contributed by atoms with Gasteiger partial charge in [-0.05, 0) is 36.8 Å². The largest absolute Gasteiger partial charge is 0.461 e. The number of carbonyl (C=O) groups is 1. The average molecular weight is 247 g/mol. The van der Waals surface area contributed by atoms with E-state index in [0.29, 0.717) is 6.42 Å². The number of hydrogen-bond donors (Lipinski definition) is 1. The highest BCUT2D eigenvalue weighted by molar-refractivity contribution is 6.36. The lowest BCUT2D eigenvalue weighted by atomic mass is 10.0. The van der Waals surface area contributed by atoms with Crippen LogP contribution >= 0.6 is 0 Å². The highest BCUT2D eigenvalue weighted by atomic mass is 16.5. The van der Waals surface area contributed by atoms with Crippen LogP contribution in [0.1, 0.15) is 36.8 Å². The molecule has 1 aliphatic carbocycles. The Bertz CT molecular complexity index is 447. The normalized spacial score (nSPS) is 15.5. The van der Waals surface area contributed by atoms with Crippen molar-refractivity contribution in [3.05, 3.63) is 35.4 Å². The lowest BCUT2D eigenvalue weighted by Gasteiger charge is -2.05. The molecule has 0 heterocycles. The summed E-state index contributed by atoms with van der Waals surface area (Å²) in [7, 11) is 0. The van der Waals surface area contributed by atoms with E-state index in [9.17, 15) is 4.79 Å². The van der Waals surface area contributed by atoms with E-state index in [2.05, 4.69) is 17.3 Å². The van der Waals surface area contributed by atoms with Crippen LogP contribution in [0.3, 0.4) is 0 Å². The molecule has 2 rings (SSSR count). The molecule has 0 unspecified atom stereocenters. The second-order valence-corrected chi connectivity index (χ2v) is 4.46. The van der Waals surface area contributed by atoms with E-state index in [0.717, 1.165) is 11.5 Å². The summed E-state index contributed by atoms with van der Waals surface area (Å²) in [5.74, 6) is 0.154. The third kappa shape index (κ3) is 3.09. The van der Waals surface area contributed by atoms with Gasteiger partial charge in [0.25, 0.3) is 0 Å². The number of carbonyl (C=O) groups excluding carboxylic acids is 1. The average Bonchev–Trinajstić information content (AvgIpc) is 3.21. The van der Waals surface area contributed by atoms with Crippen LogP contribution in [0.25, 0.3) is 0 Å². The highest BCUT2D eigenvalue weighted by Gasteiger charge is 2.23. The first-order valence-corrected chi connectivity index (χ1v) is 6.21. The van der Waals surface area contributed by atoms with Crippen molar-refractivity contribution in [2.45, 2.75) is 32.1 Å². The summed E-state index contributed by atoms with van der Waals surface area (Å²) < 4.78 is 4.81. The Morgan fingerprint density at radius 2 is 2.06 bits per heavy atom. The molecular formula is C14H17NO3. The van der Waals surface area contributed by atoms with Crippen molar-refractivity contribution in [3.63, 3.8) is 0 Å². The Morgan fingerprint density at radius 3 is 2.56 bits per heavy atom. The second-order valence-electron chi connectivity index (χ2n) is 4.46. The molecule has 1 aromatic rings. The van der Waals surface area contributed by atoms with Crippen LogP contribution in [-0.4, -0.2) is 23.5 Å². The van der Waals surface area contributed by atoms with Crippen LogP contribution in [-0.2, 0) is 16.0 Å². The number of hydrogen-bond acceptors (Lipinski definition) is 4. The molecule has 1 aromatic carbocycles. The monoisotopic (exact) mass is 247 g/mol. The topological polar surface area (TPSA) is 58.9 Å². The lowest BCUT2D eigenvalue weighted by molar-refractivity contribution is -0.135. The Hall–Kier alpha value is -1.84. The molecule has 96 valence electrons. The van der Waals surface area contributed by atoms with Crippen LogP contribution in [0.2, 0.25) is 0 Å². The number of esters is 1. The van der Waals surface area contributed by atoms with Crippen LogP contribution in [0.4, 0.5) is 0 Å². The first kappa shape index (κ1) is 12.6. The fourth-order valence-electron chi connectivity index (χ4n) is 1.88. The van der Waals surface area contributed by atoms with E-state index in [1.165, 1.54) is 18.4 Å². The van der Waals surface area contributed by atoms with Gasteiger partial charge in [0, 0.05) is 6.42 Å². The Kier molecular flexibility index (Phi) is 3.97. The van der Waals surface area contributed by atoms with Gasteiger partial charge in [0.2, 0.25) is 0 Å². The van der Waals surface area contributed by atoms with Crippen molar-refractivity contribution in [1.82, 2.24) is 0 Å². The summed E-state index contributed by atoms with van der Waals surface area (Å²) in [6.07, 6.45) is 2.83. The molecule has 1 fully saturated rings.